The number of carbonyl (C=O) groups excluding carboxylic acids is 1. The van der Waals surface area contributed by atoms with Gasteiger partial charge >= 0.3 is 0 Å². The lowest BCUT2D eigenvalue weighted by molar-refractivity contribution is -0.894. The van der Waals surface area contributed by atoms with Gasteiger partial charge in [0.05, 0.1) is 47.9 Å². The number of anilines is 1. The van der Waals surface area contributed by atoms with E-state index in [9.17, 15) is 4.79 Å². The summed E-state index contributed by atoms with van der Waals surface area (Å²) in [6.07, 6.45) is 0. The molecule has 1 aromatic carbocycles. The first kappa shape index (κ1) is 19.8. The molecule has 2 heterocycles. The number of benzene rings is 1. The van der Waals surface area contributed by atoms with Gasteiger partial charge in [-0.1, -0.05) is 17.4 Å². The van der Waals surface area contributed by atoms with Crippen molar-refractivity contribution in [2.24, 2.45) is 0 Å². The van der Waals surface area contributed by atoms with Crippen LogP contribution in [0.1, 0.15) is 30.4 Å². The molecule has 144 valence electrons. The molecule has 0 aliphatic rings. The number of fused-ring (bicyclic) bond motifs is 1. The topological polar surface area (TPSA) is 46.9 Å². The number of thiazole rings is 1. The fraction of sp³-hybridized carbons (Fsp3) is 0.400. The molecular weight excluding hydrogens is 378 g/mol. The number of hydrogen-bond donors (Lipinski definition) is 1. The Morgan fingerprint density at radius 1 is 1.22 bits per heavy atom. The van der Waals surface area contributed by atoms with Crippen LogP contribution in [-0.4, -0.2) is 43.7 Å². The number of amides is 1. The van der Waals surface area contributed by atoms with Gasteiger partial charge in [0.2, 0.25) is 0 Å². The third kappa shape index (κ3) is 4.66. The number of quaternary nitrogens is 1. The number of hydrogen-bond acceptors (Lipinski definition) is 5. The van der Waals surface area contributed by atoms with Gasteiger partial charge in [-0.05, 0) is 50.4 Å². The minimum atomic E-state index is 0.0284. The average Bonchev–Trinajstić information content (AvgIpc) is 3.34. The number of thiophene rings is 1. The first-order valence-electron chi connectivity index (χ1n) is 9.38. The molecule has 0 saturated heterocycles. The average molecular weight is 405 g/mol. The van der Waals surface area contributed by atoms with Gasteiger partial charge in [-0.15, -0.1) is 11.3 Å². The van der Waals surface area contributed by atoms with Crippen LogP contribution >= 0.6 is 22.7 Å². The molecule has 1 amide bonds. The molecule has 0 radical (unpaired) electrons. The van der Waals surface area contributed by atoms with Crippen LogP contribution in [0.15, 0.2) is 35.7 Å². The molecule has 1 N–H and O–H groups in total. The van der Waals surface area contributed by atoms with E-state index in [1.54, 1.807) is 11.3 Å². The molecule has 27 heavy (non-hydrogen) atoms. The van der Waals surface area contributed by atoms with Crippen LogP contribution in [-0.2, 0) is 0 Å². The molecule has 3 rings (SSSR count). The van der Waals surface area contributed by atoms with E-state index >= 15 is 0 Å². The van der Waals surface area contributed by atoms with Crippen LogP contribution in [0.4, 0.5) is 5.13 Å². The van der Waals surface area contributed by atoms with Crippen molar-refractivity contribution in [1.29, 1.82) is 0 Å². The van der Waals surface area contributed by atoms with E-state index < -0.39 is 0 Å². The molecule has 3 aromatic rings. The Bertz CT molecular complexity index is 873. The summed E-state index contributed by atoms with van der Waals surface area (Å²) in [5.74, 6) is 0.865. The van der Waals surface area contributed by atoms with Crippen LogP contribution in [0.5, 0.6) is 5.75 Å². The van der Waals surface area contributed by atoms with E-state index in [0.29, 0.717) is 13.2 Å². The second-order valence-corrected chi connectivity index (χ2v) is 8.16. The van der Waals surface area contributed by atoms with Crippen LogP contribution in [0.25, 0.3) is 10.2 Å². The summed E-state index contributed by atoms with van der Waals surface area (Å²) in [6.45, 7) is 10.6. The van der Waals surface area contributed by atoms with Gasteiger partial charge in [0, 0.05) is 0 Å². The van der Waals surface area contributed by atoms with Gasteiger partial charge in [-0.2, -0.15) is 0 Å². The summed E-state index contributed by atoms with van der Waals surface area (Å²) in [5.41, 5.74) is 0.901. The van der Waals surface area contributed by atoms with Crippen LogP contribution in [0.3, 0.4) is 0 Å². The van der Waals surface area contributed by atoms with Crippen LogP contribution in [0, 0.1) is 0 Å². The van der Waals surface area contributed by atoms with Crippen molar-refractivity contribution in [2.45, 2.75) is 20.8 Å². The number of ether oxygens (including phenoxy) is 1. The van der Waals surface area contributed by atoms with E-state index in [4.69, 9.17) is 9.72 Å². The highest BCUT2D eigenvalue weighted by Crippen LogP contribution is 2.32. The van der Waals surface area contributed by atoms with Crippen molar-refractivity contribution in [1.82, 2.24) is 4.98 Å². The number of carbonyl (C=O) groups is 1. The highest BCUT2D eigenvalue weighted by Gasteiger charge is 2.23. The van der Waals surface area contributed by atoms with Gasteiger partial charge in [0.25, 0.3) is 5.91 Å². The maximum absolute atomic E-state index is 13.1. The number of rotatable bonds is 9. The predicted molar refractivity (Wildman–Crippen MR) is 114 cm³/mol. The molecule has 0 aliphatic carbocycles. The summed E-state index contributed by atoms with van der Waals surface area (Å²) in [4.78, 5) is 21.9. The normalized spacial score (nSPS) is 11.3. The lowest BCUT2D eigenvalue weighted by Gasteiger charge is -2.22. The van der Waals surface area contributed by atoms with Crippen molar-refractivity contribution >= 4 is 43.9 Å². The maximum atomic E-state index is 13.1. The summed E-state index contributed by atoms with van der Waals surface area (Å²) >= 11 is 3.02. The number of aromatic nitrogens is 1. The largest absolute Gasteiger partial charge is 0.494 e. The number of nitrogens with one attached hydrogen (secondary N) is 1. The fourth-order valence-electron chi connectivity index (χ4n) is 2.96. The Balaban J connectivity index is 1.91. The molecule has 0 unspecified atom stereocenters. The Morgan fingerprint density at radius 2 is 2.04 bits per heavy atom. The minimum Gasteiger partial charge on any atom is -0.494 e. The molecule has 0 saturated carbocycles. The second kappa shape index (κ2) is 9.30. The third-order valence-electron chi connectivity index (χ3n) is 4.56. The Hall–Kier alpha value is -1.96. The Morgan fingerprint density at radius 3 is 2.70 bits per heavy atom. The van der Waals surface area contributed by atoms with E-state index in [1.165, 1.54) is 16.2 Å². The van der Waals surface area contributed by atoms with Crippen molar-refractivity contribution in [3.63, 3.8) is 0 Å². The van der Waals surface area contributed by atoms with E-state index in [0.717, 1.165) is 45.6 Å². The molecule has 5 nitrogen and oxygen atoms in total. The molecule has 0 bridgehead atoms. The molecule has 2 aromatic heterocycles. The monoisotopic (exact) mass is 404 g/mol. The second-order valence-electron chi connectivity index (χ2n) is 6.20. The van der Waals surface area contributed by atoms with Gasteiger partial charge < -0.3 is 9.64 Å². The molecule has 7 heteroatoms. The van der Waals surface area contributed by atoms with E-state index in [2.05, 4.69) is 13.8 Å². The third-order valence-corrected chi connectivity index (χ3v) is 6.46. The summed E-state index contributed by atoms with van der Waals surface area (Å²) in [6, 6.07) is 9.69. The molecule has 0 spiro atoms. The highest BCUT2D eigenvalue weighted by molar-refractivity contribution is 7.22. The zero-order valence-electron chi connectivity index (χ0n) is 16.0. The van der Waals surface area contributed by atoms with Crippen molar-refractivity contribution < 1.29 is 14.4 Å². The first-order valence-corrected chi connectivity index (χ1v) is 11.1. The summed E-state index contributed by atoms with van der Waals surface area (Å²) in [5, 5.41) is 2.69. The zero-order chi connectivity index (χ0) is 19.2. The van der Waals surface area contributed by atoms with Gasteiger partial charge in [0.15, 0.2) is 5.13 Å². The van der Waals surface area contributed by atoms with Crippen molar-refractivity contribution in [3.8, 4) is 5.75 Å². The lowest BCUT2D eigenvalue weighted by Crippen LogP contribution is -3.12. The van der Waals surface area contributed by atoms with E-state index in [-0.39, 0.29) is 5.91 Å². The quantitative estimate of drug-likeness (QED) is 0.595. The standard InChI is InChI=1S/C20H25N3O2S2/c1-4-22(5-2)11-12-23(19(24)17-8-7-13-26-17)20-21-16-10-9-15(25-6-3)14-18(16)27-20/h7-10,13-14H,4-6,11-12H2,1-3H3/p+1. The fourth-order valence-corrected chi connectivity index (χ4v) is 4.65. The predicted octanol–water partition coefficient (Wildman–Crippen LogP) is 3.33. The number of likely N-dealkylation sites (N-methyl/N-ethyl adjacent to an activating group) is 1. The highest BCUT2D eigenvalue weighted by atomic mass is 32.1. The van der Waals surface area contributed by atoms with Crippen LogP contribution in [0.2, 0.25) is 0 Å². The maximum Gasteiger partial charge on any atom is 0.270 e. The minimum absolute atomic E-state index is 0.0284. The molecule has 0 fully saturated rings. The molecular formula is C20H26N3O2S2+. The zero-order valence-corrected chi connectivity index (χ0v) is 17.7. The molecule has 0 aliphatic heterocycles. The van der Waals surface area contributed by atoms with Crippen molar-refractivity contribution in [3.05, 3.63) is 40.6 Å². The number of nitrogens with zero attached hydrogens (tertiary/aromatic N) is 2. The first-order chi connectivity index (χ1) is 13.2. The van der Waals surface area contributed by atoms with Gasteiger partial charge in [-0.25, -0.2) is 4.98 Å². The Labute approximate surface area is 168 Å². The smallest absolute Gasteiger partial charge is 0.270 e. The van der Waals surface area contributed by atoms with Gasteiger partial charge in [0.1, 0.15) is 5.75 Å². The SMILES string of the molecule is CCOc1ccc2nc(N(CC[NH+](CC)CC)C(=O)c3cccs3)sc2c1. The summed E-state index contributed by atoms with van der Waals surface area (Å²) in [7, 11) is 0. The van der Waals surface area contributed by atoms with E-state index in [1.807, 2.05) is 47.5 Å². The van der Waals surface area contributed by atoms with Crippen LogP contribution < -0.4 is 14.5 Å². The van der Waals surface area contributed by atoms with Crippen molar-refractivity contribution in [2.75, 3.05) is 37.7 Å². The lowest BCUT2D eigenvalue weighted by atomic mass is 10.3. The summed E-state index contributed by atoms with van der Waals surface area (Å²) < 4.78 is 6.63. The van der Waals surface area contributed by atoms with Gasteiger partial charge in [-0.3, -0.25) is 9.69 Å². The Kier molecular flexibility index (Phi) is 6.82. The molecule has 0 atom stereocenters.